The van der Waals surface area contributed by atoms with Crippen LogP contribution < -0.4 is 10.6 Å². The molecule has 2 atom stereocenters. The van der Waals surface area contributed by atoms with Crippen molar-refractivity contribution >= 4 is 30.3 Å². The molecule has 0 radical (unpaired) electrons. The number of hydrogen-bond acceptors (Lipinski definition) is 10. The Morgan fingerprint density at radius 1 is 0.707 bits per heavy atom. The molecule has 2 amide bonds. The Morgan fingerprint density at radius 2 is 1.15 bits per heavy atom. The molecule has 0 aromatic rings. The van der Waals surface area contributed by atoms with Crippen molar-refractivity contribution in [1.29, 1.82) is 0 Å². The molecule has 2 N–H and O–H groups in total. The van der Waals surface area contributed by atoms with E-state index in [1.54, 1.807) is 12.2 Å². The summed E-state index contributed by atoms with van der Waals surface area (Å²) < 4.78 is 15.5. The van der Waals surface area contributed by atoms with Crippen molar-refractivity contribution < 1.29 is 38.2 Å². The Kier molecular flexibility index (Phi) is 15.0. The summed E-state index contributed by atoms with van der Waals surface area (Å²) in [5, 5.41) is 5.45. The lowest BCUT2D eigenvalue weighted by Gasteiger charge is -2.36. The van der Waals surface area contributed by atoms with Crippen molar-refractivity contribution in [1.82, 2.24) is 10.6 Å². The van der Waals surface area contributed by atoms with Gasteiger partial charge in [0.25, 0.3) is 0 Å². The number of hydrogen-bond donors (Lipinski definition) is 2. The SMILES string of the molecule is CCC(C)(CNC(=O)OCC(C)(COC(=O)NCC(C)(C)CC(C)(C)CN=C=O)C(=O)OC)CC(C)(C)CN=C=O. The predicted molar refractivity (Wildman–Crippen MR) is 154 cm³/mol. The average molecular weight is 583 g/mol. The minimum Gasteiger partial charge on any atom is -0.468 e. The summed E-state index contributed by atoms with van der Waals surface area (Å²) in [6.45, 7) is 17.8. The van der Waals surface area contributed by atoms with Gasteiger partial charge in [0.2, 0.25) is 12.2 Å². The molecule has 0 bridgehead atoms. The number of nitrogens with one attached hydrogen (secondary N) is 2. The van der Waals surface area contributed by atoms with E-state index in [4.69, 9.17) is 14.2 Å². The van der Waals surface area contributed by atoms with E-state index in [0.29, 0.717) is 32.5 Å². The van der Waals surface area contributed by atoms with Crippen LogP contribution in [-0.4, -0.2) is 76.8 Å². The van der Waals surface area contributed by atoms with Crippen LogP contribution in [0.3, 0.4) is 0 Å². The summed E-state index contributed by atoms with van der Waals surface area (Å²) >= 11 is 0. The molecule has 12 nitrogen and oxygen atoms in total. The molecule has 41 heavy (non-hydrogen) atoms. The van der Waals surface area contributed by atoms with Gasteiger partial charge in [0.1, 0.15) is 18.6 Å². The highest BCUT2D eigenvalue weighted by molar-refractivity contribution is 5.78. The Hall–Kier alpha value is -3.23. The van der Waals surface area contributed by atoms with E-state index < -0.39 is 23.6 Å². The fourth-order valence-electron chi connectivity index (χ4n) is 4.98. The van der Waals surface area contributed by atoms with Crippen LogP contribution in [-0.2, 0) is 28.6 Å². The molecule has 0 heterocycles. The normalized spacial score (nSPS) is 14.7. The number of carbonyl (C=O) groups is 3. The van der Waals surface area contributed by atoms with Crippen LogP contribution in [0.1, 0.15) is 81.6 Å². The molecule has 234 valence electrons. The van der Waals surface area contributed by atoms with E-state index >= 15 is 0 Å². The van der Waals surface area contributed by atoms with Crippen LogP contribution in [0, 0.1) is 27.1 Å². The van der Waals surface area contributed by atoms with Crippen LogP contribution >= 0.6 is 0 Å². The number of methoxy groups -OCH3 is 1. The number of esters is 1. The van der Waals surface area contributed by atoms with Crippen molar-refractivity contribution in [3.63, 3.8) is 0 Å². The standard InChI is InChI=1S/C29H50N4O8/c1-11-28(8,13-27(6,7)15-31-21-35)17-33-24(38)41-19-29(9,22(36)39-10)18-40-23(37)32-16-26(4,5)12-25(2,3)14-30-20-34/h11-19H2,1-10H3,(H,32,37)(H,33,38). The number of amides is 2. The predicted octanol–water partition coefficient (Wildman–Crippen LogP) is 4.56. The van der Waals surface area contributed by atoms with Crippen LogP contribution in [0.15, 0.2) is 9.98 Å². The van der Waals surface area contributed by atoms with Gasteiger partial charge in [-0.05, 0) is 47.8 Å². The van der Waals surface area contributed by atoms with E-state index in [9.17, 15) is 24.0 Å². The van der Waals surface area contributed by atoms with Crippen molar-refractivity contribution in [2.24, 2.45) is 37.1 Å². The van der Waals surface area contributed by atoms with Crippen molar-refractivity contribution in [2.45, 2.75) is 81.6 Å². The van der Waals surface area contributed by atoms with Gasteiger partial charge in [-0.1, -0.05) is 55.4 Å². The minimum absolute atomic E-state index is 0.272. The van der Waals surface area contributed by atoms with Crippen molar-refractivity contribution in [2.75, 3.05) is 46.5 Å². The van der Waals surface area contributed by atoms with Gasteiger partial charge in [-0.25, -0.2) is 29.2 Å². The molecule has 12 heteroatoms. The quantitative estimate of drug-likeness (QED) is 0.103. The van der Waals surface area contributed by atoms with Gasteiger partial charge in [0.15, 0.2) is 0 Å². The van der Waals surface area contributed by atoms with Crippen molar-refractivity contribution in [3.05, 3.63) is 0 Å². The first-order valence-electron chi connectivity index (χ1n) is 13.8. The zero-order valence-corrected chi connectivity index (χ0v) is 26.5. The summed E-state index contributed by atoms with van der Waals surface area (Å²) in [5.41, 5.74) is -2.61. The highest BCUT2D eigenvalue weighted by atomic mass is 16.6. The second kappa shape index (κ2) is 16.3. The Labute approximate surface area is 244 Å². The summed E-state index contributed by atoms with van der Waals surface area (Å²) in [5.74, 6) is -0.702. The summed E-state index contributed by atoms with van der Waals surface area (Å²) in [6.07, 6.45) is 3.76. The lowest BCUT2D eigenvalue weighted by Crippen LogP contribution is -2.44. The number of alkyl carbamates (subject to hydrolysis) is 2. The molecule has 0 rings (SSSR count). The van der Waals surface area contributed by atoms with Crippen LogP contribution in [0.2, 0.25) is 0 Å². The maximum absolute atomic E-state index is 12.5. The van der Waals surface area contributed by atoms with Gasteiger partial charge in [0, 0.05) is 13.1 Å². The smallest absolute Gasteiger partial charge is 0.407 e. The van der Waals surface area contributed by atoms with E-state index in [2.05, 4.69) is 20.6 Å². The molecule has 0 spiro atoms. The number of ether oxygens (including phenoxy) is 3. The highest BCUT2D eigenvalue weighted by Gasteiger charge is 2.39. The number of nitrogens with zero attached hydrogens (tertiary/aromatic N) is 2. The zero-order valence-electron chi connectivity index (χ0n) is 26.5. The topological polar surface area (TPSA) is 162 Å². The van der Waals surface area contributed by atoms with Crippen LogP contribution in [0.5, 0.6) is 0 Å². The molecule has 0 aliphatic heterocycles. The molecular formula is C29H50N4O8. The van der Waals surface area contributed by atoms with Gasteiger partial charge in [-0.15, -0.1) is 0 Å². The lowest BCUT2D eigenvalue weighted by atomic mass is 9.72. The van der Waals surface area contributed by atoms with E-state index in [-0.39, 0.29) is 41.4 Å². The first kappa shape index (κ1) is 37.8. The average Bonchev–Trinajstić information content (AvgIpc) is 2.89. The third-order valence-electron chi connectivity index (χ3n) is 6.95. The van der Waals surface area contributed by atoms with E-state index in [0.717, 1.165) is 6.42 Å². The van der Waals surface area contributed by atoms with Gasteiger partial charge in [-0.3, -0.25) is 4.79 Å². The Balaban J connectivity index is 5.04. The van der Waals surface area contributed by atoms with E-state index in [1.165, 1.54) is 14.0 Å². The van der Waals surface area contributed by atoms with Crippen molar-refractivity contribution in [3.8, 4) is 0 Å². The third kappa shape index (κ3) is 15.4. The largest absolute Gasteiger partial charge is 0.468 e. The molecule has 0 aliphatic carbocycles. The van der Waals surface area contributed by atoms with Crippen LogP contribution in [0.4, 0.5) is 9.59 Å². The lowest BCUT2D eigenvalue weighted by molar-refractivity contribution is -0.156. The molecule has 0 fully saturated rings. The third-order valence-corrected chi connectivity index (χ3v) is 6.95. The summed E-state index contributed by atoms with van der Waals surface area (Å²) in [7, 11) is 1.20. The first-order valence-corrected chi connectivity index (χ1v) is 13.8. The molecule has 0 saturated heterocycles. The molecule has 2 unspecified atom stereocenters. The number of isocyanates is 2. The second-order valence-corrected chi connectivity index (χ2v) is 13.7. The first-order chi connectivity index (χ1) is 18.8. The highest BCUT2D eigenvalue weighted by Crippen LogP contribution is 2.36. The van der Waals surface area contributed by atoms with Crippen LogP contribution in [0.25, 0.3) is 0 Å². The van der Waals surface area contributed by atoms with E-state index in [1.807, 2.05) is 55.4 Å². The molecule has 0 aromatic heterocycles. The molecule has 0 saturated carbocycles. The minimum atomic E-state index is -1.43. The number of aliphatic imine (C=N–C) groups is 2. The maximum atomic E-state index is 12.5. The van der Waals surface area contributed by atoms with Gasteiger partial charge in [-0.2, -0.15) is 0 Å². The Bertz CT molecular complexity index is 983. The fourth-order valence-corrected chi connectivity index (χ4v) is 4.98. The maximum Gasteiger partial charge on any atom is 0.407 e. The Morgan fingerprint density at radius 3 is 1.56 bits per heavy atom. The number of carbonyl (C=O) groups excluding carboxylic acids is 5. The van der Waals surface area contributed by atoms with Gasteiger partial charge in [0.05, 0.1) is 20.2 Å². The zero-order chi connectivity index (χ0) is 32.0. The van der Waals surface area contributed by atoms with Gasteiger partial charge >= 0.3 is 18.2 Å². The molecule has 0 aliphatic rings. The molecular weight excluding hydrogens is 532 g/mol. The summed E-state index contributed by atoms with van der Waals surface area (Å²) in [6, 6.07) is 0. The number of rotatable bonds is 18. The fraction of sp³-hybridized carbons (Fsp3) is 0.828. The van der Waals surface area contributed by atoms with Gasteiger partial charge < -0.3 is 24.8 Å². The monoisotopic (exact) mass is 582 g/mol. The summed E-state index contributed by atoms with van der Waals surface area (Å²) in [4.78, 5) is 65.8. The molecule has 0 aromatic carbocycles. The second-order valence-electron chi connectivity index (χ2n) is 13.7.